The molecule has 1 aromatic rings. The Balaban J connectivity index is 2.13. The van der Waals surface area contributed by atoms with Crippen molar-refractivity contribution in [3.8, 4) is 0 Å². The molecule has 1 aromatic carbocycles. The Kier molecular flexibility index (Phi) is 6.72. The van der Waals surface area contributed by atoms with E-state index in [2.05, 4.69) is 55.3 Å². The zero-order chi connectivity index (χ0) is 15.1. The first kappa shape index (κ1) is 16.5. The van der Waals surface area contributed by atoms with E-state index < -0.39 is 0 Å². The Bertz CT molecular complexity index is 389. The van der Waals surface area contributed by atoms with Crippen LogP contribution in [0.2, 0.25) is 0 Å². The molecule has 1 aliphatic heterocycles. The molecule has 2 heteroatoms. The van der Waals surface area contributed by atoms with Crippen molar-refractivity contribution in [3.05, 3.63) is 35.4 Å². The fourth-order valence-electron chi connectivity index (χ4n) is 3.24. The molecule has 0 aromatic heterocycles. The van der Waals surface area contributed by atoms with Crippen LogP contribution in [-0.4, -0.2) is 31.1 Å². The molecule has 0 saturated carbocycles. The van der Waals surface area contributed by atoms with Gasteiger partial charge >= 0.3 is 0 Å². The highest BCUT2D eigenvalue weighted by atomic mass is 15.2. The molecule has 118 valence electrons. The van der Waals surface area contributed by atoms with Crippen LogP contribution in [0.4, 0.5) is 0 Å². The van der Waals surface area contributed by atoms with Crippen molar-refractivity contribution in [2.75, 3.05) is 26.2 Å². The van der Waals surface area contributed by atoms with Crippen LogP contribution in [0.3, 0.4) is 0 Å². The molecule has 1 unspecified atom stereocenters. The lowest BCUT2D eigenvalue weighted by Gasteiger charge is -2.31. The Morgan fingerprint density at radius 3 is 2.43 bits per heavy atom. The summed E-state index contributed by atoms with van der Waals surface area (Å²) in [7, 11) is 0. The largest absolute Gasteiger partial charge is 0.315 e. The van der Waals surface area contributed by atoms with Crippen molar-refractivity contribution < 1.29 is 0 Å². The van der Waals surface area contributed by atoms with Gasteiger partial charge in [-0.1, -0.05) is 57.9 Å². The quantitative estimate of drug-likeness (QED) is 0.838. The van der Waals surface area contributed by atoms with Crippen molar-refractivity contribution in [1.29, 1.82) is 0 Å². The molecule has 1 aliphatic rings. The number of unbranched alkanes of at least 4 members (excludes halogenated alkanes) is 1. The highest BCUT2D eigenvalue weighted by Gasteiger charge is 2.20. The van der Waals surface area contributed by atoms with Crippen LogP contribution in [0.25, 0.3) is 0 Å². The molecule has 1 saturated heterocycles. The molecule has 2 rings (SSSR count). The monoisotopic (exact) mass is 288 g/mol. The summed E-state index contributed by atoms with van der Waals surface area (Å²) in [4.78, 5) is 2.69. The molecule has 1 heterocycles. The maximum atomic E-state index is 3.52. The molecule has 0 spiro atoms. The molecule has 0 bridgehead atoms. The molecular weight excluding hydrogens is 256 g/mol. The molecule has 0 aliphatic carbocycles. The van der Waals surface area contributed by atoms with Gasteiger partial charge in [-0.25, -0.2) is 0 Å². The number of hydrogen-bond donors (Lipinski definition) is 1. The summed E-state index contributed by atoms with van der Waals surface area (Å²) < 4.78 is 0. The predicted octanol–water partition coefficient (Wildman–Crippen LogP) is 4.34. The third-order valence-corrected chi connectivity index (χ3v) is 4.63. The maximum absolute atomic E-state index is 3.52. The summed E-state index contributed by atoms with van der Waals surface area (Å²) in [5.41, 5.74) is 2.96. The maximum Gasteiger partial charge on any atom is 0.0348 e. The Hall–Kier alpha value is -0.860. The average Bonchev–Trinajstić information content (AvgIpc) is 2.77. The van der Waals surface area contributed by atoms with E-state index in [4.69, 9.17) is 0 Å². The standard InChI is InChI=1S/C19H32N2/c1-4-5-7-19(21-14-6-12-20-13-15-21)18-10-8-17(9-11-18)16(2)3/h8-11,16,19-20H,4-7,12-15H2,1-3H3. The smallest absolute Gasteiger partial charge is 0.0348 e. The van der Waals surface area contributed by atoms with E-state index >= 15 is 0 Å². The van der Waals surface area contributed by atoms with Crippen molar-refractivity contribution in [3.63, 3.8) is 0 Å². The van der Waals surface area contributed by atoms with Gasteiger partial charge < -0.3 is 5.32 Å². The molecule has 1 atom stereocenters. The average molecular weight is 288 g/mol. The first-order valence-corrected chi connectivity index (χ1v) is 8.77. The third-order valence-electron chi connectivity index (χ3n) is 4.63. The van der Waals surface area contributed by atoms with Gasteiger partial charge in [0.15, 0.2) is 0 Å². The number of rotatable bonds is 6. The third kappa shape index (κ3) is 4.82. The van der Waals surface area contributed by atoms with Gasteiger partial charge in [-0.2, -0.15) is 0 Å². The normalized spacial score (nSPS) is 18.7. The summed E-state index contributed by atoms with van der Waals surface area (Å²) in [6.45, 7) is 11.5. The first-order chi connectivity index (χ1) is 10.2. The van der Waals surface area contributed by atoms with Crippen LogP contribution in [-0.2, 0) is 0 Å². The fourth-order valence-corrected chi connectivity index (χ4v) is 3.24. The molecular formula is C19H32N2. The highest BCUT2D eigenvalue weighted by molar-refractivity contribution is 5.27. The molecule has 0 amide bonds. The second-order valence-electron chi connectivity index (χ2n) is 6.62. The highest BCUT2D eigenvalue weighted by Crippen LogP contribution is 2.28. The van der Waals surface area contributed by atoms with E-state index in [9.17, 15) is 0 Å². The van der Waals surface area contributed by atoms with E-state index in [1.165, 1.54) is 56.4 Å². The SMILES string of the molecule is CCCCC(c1ccc(C(C)C)cc1)N1CCCNCC1. The van der Waals surface area contributed by atoms with Crippen LogP contribution in [0.5, 0.6) is 0 Å². The second-order valence-corrected chi connectivity index (χ2v) is 6.62. The van der Waals surface area contributed by atoms with Crippen molar-refractivity contribution in [1.82, 2.24) is 10.2 Å². The minimum atomic E-state index is 0.603. The predicted molar refractivity (Wildman–Crippen MR) is 91.9 cm³/mol. The second kappa shape index (κ2) is 8.55. The minimum Gasteiger partial charge on any atom is -0.315 e. The van der Waals surface area contributed by atoms with Gasteiger partial charge in [-0.05, 0) is 36.4 Å². The van der Waals surface area contributed by atoms with Crippen molar-refractivity contribution in [2.45, 2.75) is 58.4 Å². The topological polar surface area (TPSA) is 15.3 Å². The molecule has 21 heavy (non-hydrogen) atoms. The first-order valence-electron chi connectivity index (χ1n) is 8.77. The van der Waals surface area contributed by atoms with Gasteiger partial charge in [0.2, 0.25) is 0 Å². The minimum absolute atomic E-state index is 0.603. The summed E-state index contributed by atoms with van der Waals surface area (Å²) in [5, 5.41) is 3.52. The van der Waals surface area contributed by atoms with E-state index in [0.29, 0.717) is 12.0 Å². The van der Waals surface area contributed by atoms with Gasteiger partial charge in [-0.3, -0.25) is 4.90 Å². The summed E-state index contributed by atoms with van der Waals surface area (Å²) in [5.74, 6) is 0.621. The molecule has 1 N–H and O–H groups in total. The fraction of sp³-hybridized carbons (Fsp3) is 0.684. The van der Waals surface area contributed by atoms with Crippen molar-refractivity contribution >= 4 is 0 Å². The molecule has 0 radical (unpaired) electrons. The lowest BCUT2D eigenvalue weighted by atomic mass is 9.95. The number of hydrogen-bond acceptors (Lipinski definition) is 2. The Morgan fingerprint density at radius 1 is 1.05 bits per heavy atom. The summed E-state index contributed by atoms with van der Waals surface area (Å²) in [6.07, 6.45) is 5.16. The Morgan fingerprint density at radius 2 is 1.76 bits per heavy atom. The van der Waals surface area contributed by atoms with E-state index in [0.717, 1.165) is 6.54 Å². The number of benzene rings is 1. The van der Waals surface area contributed by atoms with E-state index in [-0.39, 0.29) is 0 Å². The zero-order valence-electron chi connectivity index (χ0n) is 14.1. The van der Waals surface area contributed by atoms with Crippen LogP contribution in [0.15, 0.2) is 24.3 Å². The zero-order valence-corrected chi connectivity index (χ0v) is 14.1. The molecule has 2 nitrogen and oxygen atoms in total. The van der Waals surface area contributed by atoms with Gasteiger partial charge in [0, 0.05) is 25.7 Å². The van der Waals surface area contributed by atoms with E-state index in [1.807, 2.05) is 0 Å². The summed E-state index contributed by atoms with van der Waals surface area (Å²) >= 11 is 0. The lowest BCUT2D eigenvalue weighted by molar-refractivity contribution is 0.197. The van der Waals surface area contributed by atoms with Gasteiger partial charge in [0.1, 0.15) is 0 Å². The summed E-state index contributed by atoms with van der Waals surface area (Å²) in [6, 6.07) is 10.00. The number of nitrogens with one attached hydrogen (secondary N) is 1. The van der Waals surface area contributed by atoms with Crippen molar-refractivity contribution in [2.24, 2.45) is 0 Å². The van der Waals surface area contributed by atoms with E-state index in [1.54, 1.807) is 0 Å². The Labute approximate surface area is 130 Å². The van der Waals surface area contributed by atoms with Gasteiger partial charge in [-0.15, -0.1) is 0 Å². The number of nitrogens with zero attached hydrogens (tertiary/aromatic N) is 1. The van der Waals surface area contributed by atoms with Crippen LogP contribution >= 0.6 is 0 Å². The van der Waals surface area contributed by atoms with Crippen LogP contribution in [0, 0.1) is 0 Å². The lowest BCUT2D eigenvalue weighted by Crippen LogP contribution is -2.32. The van der Waals surface area contributed by atoms with Gasteiger partial charge in [0.05, 0.1) is 0 Å². The molecule has 1 fully saturated rings. The van der Waals surface area contributed by atoms with Gasteiger partial charge in [0.25, 0.3) is 0 Å². The van der Waals surface area contributed by atoms with Crippen LogP contribution in [0.1, 0.15) is 69.5 Å². The van der Waals surface area contributed by atoms with Crippen LogP contribution < -0.4 is 5.32 Å².